The monoisotopic (exact) mass is 129 g/mol. The van der Waals surface area contributed by atoms with Crippen molar-refractivity contribution in [1.82, 2.24) is 10.9 Å². The fourth-order valence-corrected chi connectivity index (χ4v) is 0.645. The molecule has 0 fully saturated rings. The lowest BCUT2D eigenvalue weighted by molar-refractivity contribution is 0.515. The van der Waals surface area contributed by atoms with Crippen LogP contribution in [0.3, 0.4) is 0 Å². The van der Waals surface area contributed by atoms with Crippen LogP contribution >= 0.6 is 0 Å². The maximum absolute atomic E-state index is 3.99. The number of unbranched alkanes of at least 4 members (excludes halogenated alkanes) is 2. The predicted octanol–water partition coefficient (Wildman–Crippen LogP) is 1.31. The SMILES string of the molecule is CCCCCN[N+]CC. The average molecular weight is 129 g/mol. The molecule has 0 amide bonds. The molecule has 0 rings (SSSR count). The molecule has 0 aliphatic rings. The predicted molar refractivity (Wildman–Crippen MR) is 40.2 cm³/mol. The molecule has 0 aliphatic carbocycles. The Bertz CT molecular complexity index is 40.2. The Hall–Kier alpha value is -0.0800. The lowest BCUT2D eigenvalue weighted by Gasteiger charge is -1.90. The Morgan fingerprint density at radius 1 is 1.22 bits per heavy atom. The molecule has 0 aromatic carbocycles. The first-order valence-corrected chi connectivity index (χ1v) is 3.81. The summed E-state index contributed by atoms with van der Waals surface area (Å²) >= 11 is 0. The van der Waals surface area contributed by atoms with E-state index in [2.05, 4.69) is 17.8 Å². The second-order valence-corrected chi connectivity index (χ2v) is 2.09. The summed E-state index contributed by atoms with van der Waals surface area (Å²) in [4.78, 5) is 0. The molecule has 2 radical (unpaired) electrons. The van der Waals surface area contributed by atoms with Crippen molar-refractivity contribution in [3.63, 3.8) is 0 Å². The van der Waals surface area contributed by atoms with Crippen LogP contribution in [-0.4, -0.2) is 13.1 Å². The first-order valence-electron chi connectivity index (χ1n) is 3.81. The molecular weight excluding hydrogens is 112 g/mol. The quantitative estimate of drug-likeness (QED) is 0.424. The van der Waals surface area contributed by atoms with Gasteiger partial charge in [0, 0.05) is 0 Å². The van der Waals surface area contributed by atoms with Gasteiger partial charge in [-0.05, 0) is 13.3 Å². The van der Waals surface area contributed by atoms with E-state index in [-0.39, 0.29) is 0 Å². The number of rotatable bonds is 6. The van der Waals surface area contributed by atoms with E-state index < -0.39 is 0 Å². The van der Waals surface area contributed by atoms with Crippen LogP contribution in [-0.2, 0) is 0 Å². The molecule has 9 heavy (non-hydrogen) atoms. The Morgan fingerprint density at radius 3 is 2.56 bits per heavy atom. The number of nitrogens with zero attached hydrogens (tertiary/aromatic N) is 1. The van der Waals surface area contributed by atoms with E-state index in [9.17, 15) is 0 Å². The van der Waals surface area contributed by atoms with Crippen molar-refractivity contribution < 1.29 is 0 Å². The standard InChI is InChI=1S/C7H17N2/c1-3-5-6-7-9-8-4-2/h9H,3-7H2,1-2H3/q+1. The molecule has 0 saturated carbocycles. The van der Waals surface area contributed by atoms with Gasteiger partial charge in [-0.2, -0.15) is 0 Å². The average Bonchev–Trinajstić information content (AvgIpc) is 1.89. The van der Waals surface area contributed by atoms with Crippen molar-refractivity contribution in [2.45, 2.75) is 33.1 Å². The minimum atomic E-state index is 0.881. The Balaban J connectivity index is 2.60. The van der Waals surface area contributed by atoms with Crippen LogP contribution in [0.4, 0.5) is 0 Å². The fraction of sp³-hybridized carbons (Fsp3) is 1.00. The molecule has 54 valence electrons. The van der Waals surface area contributed by atoms with Gasteiger partial charge < -0.3 is 0 Å². The summed E-state index contributed by atoms with van der Waals surface area (Å²) in [7, 11) is 0. The summed E-state index contributed by atoms with van der Waals surface area (Å²) in [6.45, 7) is 6.16. The third-order valence-corrected chi connectivity index (χ3v) is 1.16. The zero-order chi connectivity index (χ0) is 6.95. The highest BCUT2D eigenvalue weighted by Crippen LogP contribution is 1.89. The third-order valence-electron chi connectivity index (χ3n) is 1.16. The minimum Gasteiger partial charge on any atom is -0.0654 e. The highest BCUT2D eigenvalue weighted by molar-refractivity contribution is 4.40. The summed E-state index contributed by atoms with van der Waals surface area (Å²) in [5.74, 6) is 0. The van der Waals surface area contributed by atoms with Gasteiger partial charge in [0.05, 0.1) is 6.54 Å². The molecule has 0 aromatic heterocycles. The van der Waals surface area contributed by atoms with Crippen molar-refractivity contribution in [2.75, 3.05) is 13.1 Å². The van der Waals surface area contributed by atoms with Gasteiger partial charge in [0.2, 0.25) is 6.54 Å². The Morgan fingerprint density at radius 2 is 2.00 bits per heavy atom. The van der Waals surface area contributed by atoms with Crippen LogP contribution in [0.1, 0.15) is 33.1 Å². The molecule has 0 saturated heterocycles. The lowest BCUT2D eigenvalue weighted by Crippen LogP contribution is -2.24. The number of hydrogen-bond acceptors (Lipinski definition) is 1. The van der Waals surface area contributed by atoms with Crippen LogP contribution in [0.25, 0.3) is 0 Å². The van der Waals surface area contributed by atoms with Crippen molar-refractivity contribution in [1.29, 1.82) is 0 Å². The summed E-state index contributed by atoms with van der Waals surface area (Å²) in [5.41, 5.74) is 6.99. The molecule has 0 heterocycles. The van der Waals surface area contributed by atoms with Gasteiger partial charge in [0.15, 0.2) is 5.43 Å². The molecule has 2 heteroatoms. The molecule has 0 spiro atoms. The first-order chi connectivity index (χ1) is 4.41. The van der Waals surface area contributed by atoms with Crippen LogP contribution in [0, 0.1) is 0 Å². The normalized spacial score (nSPS) is 10.0. The van der Waals surface area contributed by atoms with Gasteiger partial charge in [0.25, 0.3) is 0 Å². The Labute approximate surface area is 58.0 Å². The van der Waals surface area contributed by atoms with E-state index in [1.807, 2.05) is 6.92 Å². The molecule has 1 N–H and O–H groups in total. The lowest BCUT2D eigenvalue weighted by atomic mass is 10.2. The zero-order valence-electron chi connectivity index (χ0n) is 6.48. The summed E-state index contributed by atoms with van der Waals surface area (Å²) < 4.78 is 0. The summed E-state index contributed by atoms with van der Waals surface area (Å²) in [6.07, 6.45) is 3.85. The van der Waals surface area contributed by atoms with E-state index in [0.717, 1.165) is 13.1 Å². The van der Waals surface area contributed by atoms with Crippen LogP contribution in [0.15, 0.2) is 0 Å². The van der Waals surface area contributed by atoms with Crippen LogP contribution in [0.5, 0.6) is 0 Å². The van der Waals surface area contributed by atoms with Gasteiger partial charge in [0.1, 0.15) is 0 Å². The van der Waals surface area contributed by atoms with Crippen LogP contribution < -0.4 is 10.9 Å². The molecule has 0 atom stereocenters. The molecule has 0 aliphatic heterocycles. The number of hydrogen-bond donors (Lipinski definition) is 1. The summed E-state index contributed by atoms with van der Waals surface area (Å²) in [6, 6.07) is 0. The van der Waals surface area contributed by atoms with Crippen LogP contribution in [0.2, 0.25) is 0 Å². The number of nitrogens with one attached hydrogen (secondary N) is 1. The van der Waals surface area contributed by atoms with E-state index in [1.54, 1.807) is 0 Å². The topological polar surface area (TPSA) is 26.1 Å². The van der Waals surface area contributed by atoms with Crippen molar-refractivity contribution in [3.05, 3.63) is 0 Å². The van der Waals surface area contributed by atoms with E-state index in [1.165, 1.54) is 19.3 Å². The van der Waals surface area contributed by atoms with E-state index in [0.29, 0.717) is 0 Å². The van der Waals surface area contributed by atoms with Gasteiger partial charge in [-0.25, -0.2) is 0 Å². The maximum atomic E-state index is 3.99. The molecule has 0 unspecified atom stereocenters. The molecule has 2 nitrogen and oxygen atoms in total. The molecular formula is C7H17N2+. The first kappa shape index (κ1) is 8.92. The Kier molecular flexibility index (Phi) is 7.85. The summed E-state index contributed by atoms with van der Waals surface area (Å²) in [5, 5.41) is 0. The van der Waals surface area contributed by atoms with E-state index >= 15 is 0 Å². The highest BCUT2D eigenvalue weighted by Gasteiger charge is 1.94. The third kappa shape index (κ3) is 7.92. The van der Waals surface area contributed by atoms with Gasteiger partial charge in [-0.3, -0.25) is 0 Å². The van der Waals surface area contributed by atoms with Crippen molar-refractivity contribution in [2.24, 2.45) is 0 Å². The van der Waals surface area contributed by atoms with E-state index in [4.69, 9.17) is 0 Å². The fourth-order valence-electron chi connectivity index (χ4n) is 0.645. The van der Waals surface area contributed by atoms with Crippen molar-refractivity contribution in [3.8, 4) is 0 Å². The van der Waals surface area contributed by atoms with Gasteiger partial charge in [-0.1, -0.05) is 25.2 Å². The largest absolute Gasteiger partial charge is 0.209 e. The second-order valence-electron chi connectivity index (χ2n) is 2.09. The van der Waals surface area contributed by atoms with Crippen molar-refractivity contribution >= 4 is 0 Å². The van der Waals surface area contributed by atoms with Gasteiger partial charge in [-0.15, -0.1) is 0 Å². The maximum Gasteiger partial charge on any atom is 0.209 e. The molecule has 0 aromatic rings. The van der Waals surface area contributed by atoms with Gasteiger partial charge >= 0.3 is 0 Å². The minimum absolute atomic E-state index is 0.881. The second kappa shape index (κ2) is 7.92. The smallest absolute Gasteiger partial charge is 0.0654 e. The zero-order valence-corrected chi connectivity index (χ0v) is 6.48. The molecule has 0 bridgehead atoms. The highest BCUT2D eigenvalue weighted by atomic mass is 15.3.